The van der Waals surface area contributed by atoms with E-state index in [-0.39, 0.29) is 5.91 Å². The molecule has 1 aromatic carbocycles. The van der Waals surface area contributed by atoms with Crippen LogP contribution < -0.4 is 16.8 Å². The number of carbonyl (C=O) groups is 2. The van der Waals surface area contributed by atoms with Crippen LogP contribution in [0, 0.1) is 0 Å². The molecule has 5 nitrogen and oxygen atoms in total. The fourth-order valence-electron chi connectivity index (χ4n) is 1.17. The molecule has 0 aliphatic carbocycles. The molecule has 0 heterocycles. The fraction of sp³-hybridized carbons (Fsp3) is 0.273. The zero-order valence-electron chi connectivity index (χ0n) is 9.07. The molecule has 0 aliphatic heterocycles. The van der Waals surface area contributed by atoms with Crippen LogP contribution in [-0.4, -0.2) is 17.9 Å². The van der Waals surface area contributed by atoms with Crippen molar-refractivity contribution in [3.8, 4) is 0 Å². The van der Waals surface area contributed by atoms with E-state index < -0.39 is 11.9 Å². The van der Waals surface area contributed by atoms with Crippen LogP contribution in [0.5, 0.6) is 0 Å². The summed E-state index contributed by atoms with van der Waals surface area (Å²) in [7, 11) is 0. The van der Waals surface area contributed by atoms with Gasteiger partial charge in [-0.15, -0.1) is 0 Å². The average molecular weight is 221 g/mol. The Bertz CT molecular complexity index is 404. The largest absolute Gasteiger partial charge is 0.366 e. The first-order valence-electron chi connectivity index (χ1n) is 5.01. The Balaban J connectivity index is 2.78. The molecule has 0 aliphatic rings. The van der Waals surface area contributed by atoms with Crippen molar-refractivity contribution in [2.24, 2.45) is 11.5 Å². The zero-order chi connectivity index (χ0) is 12.1. The summed E-state index contributed by atoms with van der Waals surface area (Å²) >= 11 is 0. The van der Waals surface area contributed by atoms with Crippen molar-refractivity contribution in [1.82, 2.24) is 0 Å². The highest BCUT2D eigenvalue weighted by molar-refractivity contribution is 5.97. The van der Waals surface area contributed by atoms with Gasteiger partial charge in [-0.1, -0.05) is 13.0 Å². The van der Waals surface area contributed by atoms with Gasteiger partial charge >= 0.3 is 0 Å². The van der Waals surface area contributed by atoms with Crippen molar-refractivity contribution in [3.63, 3.8) is 0 Å². The summed E-state index contributed by atoms with van der Waals surface area (Å²) < 4.78 is 0. The first-order valence-corrected chi connectivity index (χ1v) is 5.01. The van der Waals surface area contributed by atoms with Crippen molar-refractivity contribution in [1.29, 1.82) is 0 Å². The van der Waals surface area contributed by atoms with Crippen molar-refractivity contribution in [2.45, 2.75) is 19.4 Å². The van der Waals surface area contributed by atoms with Crippen molar-refractivity contribution in [2.75, 3.05) is 5.32 Å². The number of rotatable bonds is 4. The second-order valence-corrected chi connectivity index (χ2v) is 3.45. The zero-order valence-corrected chi connectivity index (χ0v) is 9.07. The molecule has 0 unspecified atom stereocenters. The Morgan fingerprint density at radius 3 is 2.69 bits per heavy atom. The van der Waals surface area contributed by atoms with Crippen LogP contribution in [-0.2, 0) is 4.79 Å². The minimum atomic E-state index is -0.544. The van der Waals surface area contributed by atoms with E-state index in [9.17, 15) is 9.59 Å². The third kappa shape index (κ3) is 3.06. The van der Waals surface area contributed by atoms with E-state index in [0.29, 0.717) is 17.7 Å². The van der Waals surface area contributed by atoms with E-state index in [0.717, 1.165) is 0 Å². The molecule has 0 aromatic heterocycles. The standard InChI is InChI=1S/C11H15N3O2/c1-2-9(12)11(16)14-8-5-3-4-7(6-8)10(13)15/h3-6,9H,2,12H2,1H3,(H2,13,15)(H,14,16)/t9-/m1/s1. The monoisotopic (exact) mass is 221 g/mol. The van der Waals surface area contributed by atoms with Gasteiger partial charge in [0.15, 0.2) is 0 Å². The number of nitrogens with two attached hydrogens (primary N) is 2. The minimum Gasteiger partial charge on any atom is -0.366 e. The number of anilines is 1. The molecule has 16 heavy (non-hydrogen) atoms. The number of carbonyl (C=O) groups excluding carboxylic acids is 2. The number of hydrogen-bond acceptors (Lipinski definition) is 3. The Morgan fingerprint density at radius 1 is 1.44 bits per heavy atom. The second kappa shape index (κ2) is 5.27. The van der Waals surface area contributed by atoms with Crippen LogP contribution in [0.25, 0.3) is 0 Å². The average Bonchev–Trinajstić information content (AvgIpc) is 2.28. The van der Waals surface area contributed by atoms with Gasteiger partial charge in [-0.05, 0) is 24.6 Å². The lowest BCUT2D eigenvalue weighted by Gasteiger charge is -2.10. The third-order valence-corrected chi connectivity index (χ3v) is 2.19. The smallest absolute Gasteiger partial charge is 0.248 e. The summed E-state index contributed by atoms with van der Waals surface area (Å²) in [5, 5.41) is 2.62. The maximum absolute atomic E-state index is 11.5. The van der Waals surface area contributed by atoms with E-state index in [2.05, 4.69) is 5.32 Å². The highest BCUT2D eigenvalue weighted by Crippen LogP contribution is 2.10. The van der Waals surface area contributed by atoms with Gasteiger partial charge in [0.25, 0.3) is 0 Å². The van der Waals surface area contributed by atoms with Gasteiger partial charge in [-0.2, -0.15) is 0 Å². The van der Waals surface area contributed by atoms with Gasteiger partial charge in [0.05, 0.1) is 6.04 Å². The SMILES string of the molecule is CC[C@@H](N)C(=O)Nc1cccc(C(N)=O)c1. The second-order valence-electron chi connectivity index (χ2n) is 3.45. The molecule has 0 radical (unpaired) electrons. The van der Waals surface area contributed by atoms with E-state index in [1.54, 1.807) is 18.2 Å². The maximum atomic E-state index is 11.5. The topological polar surface area (TPSA) is 98.2 Å². The Hall–Kier alpha value is -1.88. The molecule has 0 fully saturated rings. The van der Waals surface area contributed by atoms with Crippen molar-refractivity contribution in [3.05, 3.63) is 29.8 Å². The summed E-state index contributed by atoms with van der Waals surface area (Å²) in [5.41, 5.74) is 11.6. The van der Waals surface area contributed by atoms with Gasteiger partial charge in [-0.3, -0.25) is 9.59 Å². The Labute approximate surface area is 93.8 Å². The molecule has 2 amide bonds. The lowest BCUT2D eigenvalue weighted by Crippen LogP contribution is -2.34. The molecular formula is C11H15N3O2. The number of hydrogen-bond donors (Lipinski definition) is 3. The molecular weight excluding hydrogens is 206 g/mol. The lowest BCUT2D eigenvalue weighted by molar-refractivity contribution is -0.117. The minimum absolute atomic E-state index is 0.274. The highest BCUT2D eigenvalue weighted by Gasteiger charge is 2.11. The number of primary amides is 1. The highest BCUT2D eigenvalue weighted by atomic mass is 16.2. The molecule has 1 aromatic rings. The summed E-state index contributed by atoms with van der Waals surface area (Å²) in [4.78, 5) is 22.4. The Morgan fingerprint density at radius 2 is 2.12 bits per heavy atom. The molecule has 86 valence electrons. The predicted octanol–water partition coefficient (Wildman–Crippen LogP) is 0.461. The first-order chi connectivity index (χ1) is 7.54. The van der Waals surface area contributed by atoms with Gasteiger partial charge in [-0.25, -0.2) is 0 Å². The van der Waals surface area contributed by atoms with Gasteiger partial charge < -0.3 is 16.8 Å². The molecule has 5 N–H and O–H groups in total. The molecule has 0 saturated heterocycles. The van der Waals surface area contributed by atoms with Gasteiger partial charge in [0.2, 0.25) is 11.8 Å². The number of benzene rings is 1. The van der Waals surface area contributed by atoms with E-state index in [4.69, 9.17) is 11.5 Å². The summed E-state index contributed by atoms with van der Waals surface area (Å²) in [5.74, 6) is -0.806. The molecule has 0 saturated carbocycles. The van der Waals surface area contributed by atoms with Crippen LogP contribution in [0.3, 0.4) is 0 Å². The third-order valence-electron chi connectivity index (χ3n) is 2.19. The molecule has 1 atom stereocenters. The summed E-state index contributed by atoms with van der Waals surface area (Å²) in [6.45, 7) is 1.82. The van der Waals surface area contributed by atoms with Gasteiger partial charge in [0, 0.05) is 11.3 Å². The summed E-state index contributed by atoms with van der Waals surface area (Å²) in [6, 6.07) is 5.87. The predicted molar refractivity (Wildman–Crippen MR) is 61.9 cm³/mol. The molecule has 5 heteroatoms. The van der Waals surface area contributed by atoms with Crippen molar-refractivity contribution >= 4 is 17.5 Å². The maximum Gasteiger partial charge on any atom is 0.248 e. The fourth-order valence-corrected chi connectivity index (χ4v) is 1.17. The van der Waals surface area contributed by atoms with Crippen LogP contribution in [0.1, 0.15) is 23.7 Å². The van der Waals surface area contributed by atoms with Crippen LogP contribution in [0.15, 0.2) is 24.3 Å². The number of amides is 2. The lowest BCUT2D eigenvalue weighted by atomic mass is 10.1. The molecule has 0 bridgehead atoms. The molecule has 0 spiro atoms. The van der Waals surface area contributed by atoms with E-state index >= 15 is 0 Å². The normalized spacial score (nSPS) is 11.9. The van der Waals surface area contributed by atoms with Crippen LogP contribution in [0.2, 0.25) is 0 Å². The first kappa shape index (κ1) is 12.2. The quantitative estimate of drug-likeness (QED) is 0.688. The van der Waals surface area contributed by atoms with Crippen LogP contribution in [0.4, 0.5) is 5.69 Å². The van der Waals surface area contributed by atoms with E-state index in [1.165, 1.54) is 6.07 Å². The Kier molecular flexibility index (Phi) is 4.02. The van der Waals surface area contributed by atoms with Crippen molar-refractivity contribution < 1.29 is 9.59 Å². The number of nitrogens with one attached hydrogen (secondary N) is 1. The van der Waals surface area contributed by atoms with Crippen LogP contribution >= 0.6 is 0 Å². The van der Waals surface area contributed by atoms with Gasteiger partial charge in [0.1, 0.15) is 0 Å². The van der Waals surface area contributed by atoms with E-state index in [1.807, 2.05) is 6.92 Å². The molecule has 1 rings (SSSR count). The summed E-state index contributed by atoms with van der Waals surface area (Å²) in [6.07, 6.45) is 0.557.